The largest absolute Gasteiger partial charge is 0.508 e. The highest BCUT2D eigenvalue weighted by atomic mass is 19.1. The number of hydrogen-bond donors (Lipinski definition) is 4. The zero-order valence-corrected chi connectivity index (χ0v) is 10.5. The summed E-state index contributed by atoms with van der Waals surface area (Å²) in [5.74, 6) is -3.25. The minimum atomic E-state index is -1.09. The fraction of sp³-hybridized carbons (Fsp3) is 0.0714. The molecule has 0 heterocycles. The summed E-state index contributed by atoms with van der Waals surface area (Å²) >= 11 is 0. The second kappa shape index (κ2) is 5.08. The van der Waals surface area contributed by atoms with Gasteiger partial charge in [-0.1, -0.05) is 0 Å². The summed E-state index contributed by atoms with van der Waals surface area (Å²) in [5.41, 5.74) is 0.851. The van der Waals surface area contributed by atoms with Crippen molar-refractivity contribution in [3.63, 3.8) is 0 Å². The van der Waals surface area contributed by atoms with E-state index in [9.17, 15) is 19.4 Å². The topological polar surface area (TPSA) is 89.8 Å². The van der Waals surface area contributed by atoms with E-state index in [1.165, 1.54) is 12.1 Å². The van der Waals surface area contributed by atoms with Crippen molar-refractivity contribution >= 4 is 11.6 Å². The SMILES string of the molecule is Cc1cc(NC(=O)c2cc(O)c(O)c(F)c2)ccc1O. The molecule has 0 saturated carbocycles. The van der Waals surface area contributed by atoms with E-state index in [4.69, 9.17) is 5.11 Å². The Labute approximate surface area is 113 Å². The van der Waals surface area contributed by atoms with Crippen LogP contribution in [0.4, 0.5) is 10.1 Å². The van der Waals surface area contributed by atoms with E-state index >= 15 is 0 Å². The van der Waals surface area contributed by atoms with Gasteiger partial charge in [0.15, 0.2) is 17.3 Å². The summed E-state index contributed by atoms with van der Waals surface area (Å²) < 4.78 is 13.2. The van der Waals surface area contributed by atoms with Crippen molar-refractivity contribution in [1.29, 1.82) is 0 Å². The van der Waals surface area contributed by atoms with Gasteiger partial charge in [0.05, 0.1) is 0 Å². The van der Waals surface area contributed by atoms with Crippen molar-refractivity contribution in [2.24, 2.45) is 0 Å². The third-order valence-corrected chi connectivity index (χ3v) is 2.76. The molecular formula is C14H12FNO4. The van der Waals surface area contributed by atoms with Crippen LogP contribution >= 0.6 is 0 Å². The molecule has 0 aromatic heterocycles. The molecule has 104 valence electrons. The van der Waals surface area contributed by atoms with Crippen LogP contribution in [0.5, 0.6) is 17.2 Å². The number of aryl methyl sites for hydroxylation is 1. The maximum absolute atomic E-state index is 13.2. The van der Waals surface area contributed by atoms with Crippen LogP contribution in [0.2, 0.25) is 0 Å². The Balaban J connectivity index is 2.26. The van der Waals surface area contributed by atoms with E-state index < -0.39 is 23.2 Å². The first-order chi connectivity index (χ1) is 9.38. The number of amides is 1. The van der Waals surface area contributed by atoms with Crippen molar-refractivity contribution in [1.82, 2.24) is 0 Å². The molecule has 0 spiro atoms. The lowest BCUT2D eigenvalue weighted by Crippen LogP contribution is -2.12. The molecule has 1 amide bonds. The average molecular weight is 277 g/mol. The van der Waals surface area contributed by atoms with Gasteiger partial charge in [0.2, 0.25) is 0 Å². The van der Waals surface area contributed by atoms with Crippen LogP contribution in [0.3, 0.4) is 0 Å². The van der Waals surface area contributed by atoms with Gasteiger partial charge in [-0.3, -0.25) is 4.79 Å². The molecule has 0 aliphatic carbocycles. The van der Waals surface area contributed by atoms with E-state index in [0.29, 0.717) is 11.3 Å². The van der Waals surface area contributed by atoms with Gasteiger partial charge in [-0.25, -0.2) is 4.39 Å². The van der Waals surface area contributed by atoms with E-state index in [0.717, 1.165) is 12.1 Å². The second-order valence-electron chi connectivity index (χ2n) is 4.28. The molecule has 0 aliphatic rings. The maximum atomic E-state index is 13.2. The van der Waals surface area contributed by atoms with E-state index in [2.05, 4.69) is 5.32 Å². The standard InChI is InChI=1S/C14H12FNO4/c1-7-4-9(2-3-11(7)17)16-14(20)8-5-10(15)13(19)12(18)6-8/h2-6,17-19H,1H3,(H,16,20). The molecule has 0 fully saturated rings. The Hall–Kier alpha value is -2.76. The predicted octanol–water partition coefficient (Wildman–Crippen LogP) is 2.50. The predicted molar refractivity (Wildman–Crippen MR) is 70.5 cm³/mol. The Bertz CT molecular complexity index is 662. The molecule has 0 unspecified atom stereocenters. The van der Waals surface area contributed by atoms with Crippen molar-refractivity contribution < 1.29 is 24.5 Å². The summed E-state index contributed by atoms with van der Waals surface area (Å²) in [4.78, 5) is 11.9. The van der Waals surface area contributed by atoms with Crippen LogP contribution in [0.1, 0.15) is 15.9 Å². The van der Waals surface area contributed by atoms with Gasteiger partial charge in [-0.05, 0) is 42.8 Å². The van der Waals surface area contributed by atoms with Crippen molar-refractivity contribution in [3.8, 4) is 17.2 Å². The second-order valence-corrected chi connectivity index (χ2v) is 4.28. The first-order valence-electron chi connectivity index (χ1n) is 5.71. The highest BCUT2D eigenvalue weighted by Gasteiger charge is 2.14. The summed E-state index contributed by atoms with van der Waals surface area (Å²) in [6.45, 7) is 1.66. The lowest BCUT2D eigenvalue weighted by molar-refractivity contribution is 0.102. The molecule has 0 atom stereocenters. The van der Waals surface area contributed by atoms with Crippen LogP contribution in [-0.4, -0.2) is 21.2 Å². The first kappa shape index (κ1) is 13.7. The smallest absolute Gasteiger partial charge is 0.255 e. The van der Waals surface area contributed by atoms with Crippen molar-refractivity contribution in [2.75, 3.05) is 5.32 Å². The molecule has 0 saturated heterocycles. The normalized spacial score (nSPS) is 10.3. The Morgan fingerprint density at radius 1 is 1.10 bits per heavy atom. The molecular weight excluding hydrogens is 265 g/mol. The van der Waals surface area contributed by atoms with E-state index in [1.807, 2.05) is 0 Å². The molecule has 4 N–H and O–H groups in total. The first-order valence-corrected chi connectivity index (χ1v) is 5.71. The van der Waals surface area contributed by atoms with Crippen LogP contribution < -0.4 is 5.32 Å². The molecule has 5 nitrogen and oxygen atoms in total. The van der Waals surface area contributed by atoms with Crippen LogP contribution in [0.15, 0.2) is 30.3 Å². The highest BCUT2D eigenvalue weighted by molar-refractivity contribution is 6.04. The number of rotatable bonds is 2. The molecule has 20 heavy (non-hydrogen) atoms. The average Bonchev–Trinajstić information content (AvgIpc) is 2.39. The van der Waals surface area contributed by atoms with Gasteiger partial charge < -0.3 is 20.6 Å². The molecule has 0 aliphatic heterocycles. The fourth-order valence-corrected chi connectivity index (χ4v) is 1.65. The van der Waals surface area contributed by atoms with Gasteiger partial charge in [-0.2, -0.15) is 0 Å². The van der Waals surface area contributed by atoms with Gasteiger partial charge in [0, 0.05) is 11.3 Å². The van der Waals surface area contributed by atoms with E-state index in [-0.39, 0.29) is 11.3 Å². The van der Waals surface area contributed by atoms with Crippen LogP contribution in [0.25, 0.3) is 0 Å². The molecule has 2 aromatic rings. The zero-order valence-electron chi connectivity index (χ0n) is 10.5. The number of aromatic hydroxyl groups is 3. The zero-order chi connectivity index (χ0) is 14.9. The van der Waals surface area contributed by atoms with Gasteiger partial charge in [0.25, 0.3) is 5.91 Å². The lowest BCUT2D eigenvalue weighted by atomic mass is 10.1. The number of nitrogens with one attached hydrogen (secondary N) is 1. The van der Waals surface area contributed by atoms with Crippen molar-refractivity contribution in [3.05, 3.63) is 47.3 Å². The number of hydrogen-bond acceptors (Lipinski definition) is 4. The quantitative estimate of drug-likeness (QED) is 0.501. The number of carbonyl (C=O) groups excluding carboxylic acids is 1. The summed E-state index contributed by atoms with van der Waals surface area (Å²) in [7, 11) is 0. The van der Waals surface area contributed by atoms with Crippen LogP contribution in [-0.2, 0) is 0 Å². The minimum Gasteiger partial charge on any atom is -0.508 e. The van der Waals surface area contributed by atoms with Gasteiger partial charge in [-0.15, -0.1) is 0 Å². The third kappa shape index (κ3) is 2.64. The van der Waals surface area contributed by atoms with Gasteiger partial charge in [0.1, 0.15) is 5.75 Å². The van der Waals surface area contributed by atoms with E-state index in [1.54, 1.807) is 13.0 Å². The summed E-state index contributed by atoms with van der Waals surface area (Å²) in [6.07, 6.45) is 0. The number of carbonyl (C=O) groups is 1. The maximum Gasteiger partial charge on any atom is 0.255 e. The monoisotopic (exact) mass is 277 g/mol. The molecule has 6 heteroatoms. The number of anilines is 1. The Morgan fingerprint density at radius 3 is 2.40 bits per heavy atom. The number of halogens is 1. The number of phenolic OH excluding ortho intramolecular Hbond substituents is 3. The molecule has 2 rings (SSSR count). The fourth-order valence-electron chi connectivity index (χ4n) is 1.65. The molecule has 0 radical (unpaired) electrons. The molecule has 0 bridgehead atoms. The van der Waals surface area contributed by atoms with Gasteiger partial charge >= 0.3 is 0 Å². The summed E-state index contributed by atoms with van der Waals surface area (Å²) in [6, 6.07) is 6.22. The molecule has 2 aromatic carbocycles. The Kier molecular flexibility index (Phi) is 3.47. The summed E-state index contributed by atoms with van der Waals surface area (Å²) in [5, 5.41) is 30.2. The van der Waals surface area contributed by atoms with Crippen molar-refractivity contribution in [2.45, 2.75) is 6.92 Å². The Morgan fingerprint density at radius 2 is 1.80 bits per heavy atom. The number of benzene rings is 2. The third-order valence-electron chi connectivity index (χ3n) is 2.76. The van der Waals surface area contributed by atoms with Crippen LogP contribution in [0, 0.1) is 12.7 Å². The minimum absolute atomic E-state index is 0.0938. The highest BCUT2D eigenvalue weighted by Crippen LogP contribution is 2.29. The lowest BCUT2D eigenvalue weighted by Gasteiger charge is -2.08. The number of phenols is 3.